The Morgan fingerprint density at radius 1 is 1.11 bits per heavy atom. The lowest BCUT2D eigenvalue weighted by Crippen LogP contribution is -2.03. The smallest absolute Gasteiger partial charge is 0.373 e. The van der Waals surface area contributed by atoms with Gasteiger partial charge in [-0.1, -0.05) is 28.1 Å². The van der Waals surface area contributed by atoms with Crippen LogP contribution in [0.25, 0.3) is 0 Å². The third-order valence-corrected chi connectivity index (χ3v) is 3.07. The molecule has 1 heterocycles. The molecule has 0 bridgehead atoms. The van der Waals surface area contributed by atoms with Crippen molar-refractivity contribution in [1.82, 2.24) is 0 Å². The van der Waals surface area contributed by atoms with E-state index < -0.39 is 5.97 Å². The molecule has 1 aromatic carbocycles. The highest BCUT2D eigenvalue weighted by Gasteiger charge is 2.16. The van der Waals surface area contributed by atoms with Gasteiger partial charge >= 0.3 is 5.97 Å². The van der Waals surface area contributed by atoms with Gasteiger partial charge < -0.3 is 9.15 Å². The van der Waals surface area contributed by atoms with Crippen LogP contribution in [0, 0.1) is 0 Å². The number of furan rings is 1. The van der Waals surface area contributed by atoms with Gasteiger partial charge in [0.1, 0.15) is 0 Å². The molecule has 0 unspecified atom stereocenters. The summed E-state index contributed by atoms with van der Waals surface area (Å²) in [6, 6.07) is 10.3. The van der Waals surface area contributed by atoms with Crippen molar-refractivity contribution in [3.8, 4) is 0 Å². The molecule has 2 aromatic rings. The maximum atomic E-state index is 12.0. The summed E-state index contributed by atoms with van der Waals surface area (Å²) in [7, 11) is 1.26. The zero-order valence-electron chi connectivity index (χ0n) is 10.2. The first-order valence-corrected chi connectivity index (χ1v) is 6.35. The number of rotatable bonds is 4. The number of hydrogen-bond donors (Lipinski definition) is 0. The van der Waals surface area contributed by atoms with E-state index in [4.69, 9.17) is 4.42 Å². The molecular weight excluding hydrogens is 312 g/mol. The summed E-state index contributed by atoms with van der Waals surface area (Å²) in [5.41, 5.74) is 0.879. The molecule has 2 rings (SSSR count). The Morgan fingerprint density at radius 2 is 1.74 bits per heavy atom. The van der Waals surface area contributed by atoms with Crippen LogP contribution >= 0.6 is 15.9 Å². The van der Waals surface area contributed by atoms with Crippen molar-refractivity contribution in [2.75, 3.05) is 7.11 Å². The van der Waals surface area contributed by atoms with Gasteiger partial charge in [0, 0.05) is 10.9 Å². The normalized spacial score (nSPS) is 10.2. The molecule has 0 saturated heterocycles. The molecule has 0 aliphatic carbocycles. The number of halogens is 1. The Kier molecular flexibility index (Phi) is 4.16. The summed E-state index contributed by atoms with van der Waals surface area (Å²) in [6.45, 7) is 0. The van der Waals surface area contributed by atoms with E-state index in [9.17, 15) is 9.59 Å². The van der Waals surface area contributed by atoms with Crippen molar-refractivity contribution in [3.63, 3.8) is 0 Å². The Morgan fingerprint density at radius 3 is 2.37 bits per heavy atom. The summed E-state index contributed by atoms with van der Waals surface area (Å²) in [4.78, 5) is 23.2. The standard InChI is InChI=1S/C14H11BrO4/c1-18-14(17)13-7-6-12(19-13)11(16)8-9-2-4-10(15)5-3-9/h2-7H,8H2,1H3. The first kappa shape index (κ1) is 13.5. The number of hydrogen-bond acceptors (Lipinski definition) is 4. The number of carbonyl (C=O) groups excluding carboxylic acids is 2. The van der Waals surface area contributed by atoms with Crippen molar-refractivity contribution in [2.24, 2.45) is 0 Å². The van der Waals surface area contributed by atoms with Crippen LogP contribution in [-0.2, 0) is 11.2 Å². The van der Waals surface area contributed by atoms with Crippen molar-refractivity contribution >= 4 is 27.7 Å². The molecule has 98 valence electrons. The molecular formula is C14H11BrO4. The predicted molar refractivity (Wildman–Crippen MR) is 72.2 cm³/mol. The first-order valence-electron chi connectivity index (χ1n) is 5.56. The second-order valence-electron chi connectivity index (χ2n) is 3.88. The Hall–Kier alpha value is -1.88. The van der Waals surface area contributed by atoms with E-state index in [0.29, 0.717) is 0 Å². The quantitative estimate of drug-likeness (QED) is 0.640. The fourth-order valence-corrected chi connectivity index (χ4v) is 1.84. The Labute approximate surface area is 118 Å². The average Bonchev–Trinajstić information content (AvgIpc) is 2.90. The van der Waals surface area contributed by atoms with Gasteiger partial charge in [-0.15, -0.1) is 0 Å². The van der Waals surface area contributed by atoms with Crippen LogP contribution in [0.2, 0.25) is 0 Å². The molecule has 0 radical (unpaired) electrons. The van der Waals surface area contributed by atoms with Crippen molar-refractivity contribution in [1.29, 1.82) is 0 Å². The van der Waals surface area contributed by atoms with Crippen LogP contribution < -0.4 is 0 Å². The SMILES string of the molecule is COC(=O)c1ccc(C(=O)Cc2ccc(Br)cc2)o1. The second kappa shape index (κ2) is 5.84. The number of benzene rings is 1. The number of methoxy groups -OCH3 is 1. The zero-order valence-corrected chi connectivity index (χ0v) is 11.8. The molecule has 0 amide bonds. The summed E-state index contributed by atoms with van der Waals surface area (Å²) in [6.07, 6.45) is 0.224. The highest BCUT2D eigenvalue weighted by Crippen LogP contribution is 2.15. The van der Waals surface area contributed by atoms with E-state index in [1.54, 1.807) is 0 Å². The molecule has 19 heavy (non-hydrogen) atoms. The number of ether oxygens (including phenoxy) is 1. The number of esters is 1. The summed E-state index contributed by atoms with van der Waals surface area (Å²) < 4.78 is 10.6. The average molecular weight is 323 g/mol. The van der Waals surface area contributed by atoms with Gasteiger partial charge in [0.05, 0.1) is 7.11 Å². The molecule has 0 spiro atoms. The molecule has 0 aliphatic rings. The van der Waals surface area contributed by atoms with Gasteiger partial charge in [-0.25, -0.2) is 4.79 Å². The molecule has 5 heteroatoms. The topological polar surface area (TPSA) is 56.5 Å². The fourth-order valence-electron chi connectivity index (χ4n) is 1.57. The van der Waals surface area contributed by atoms with Gasteiger partial charge in [0.25, 0.3) is 0 Å². The molecule has 0 atom stereocenters. The molecule has 0 saturated carbocycles. The van der Waals surface area contributed by atoms with Crippen LogP contribution in [0.1, 0.15) is 26.7 Å². The first-order chi connectivity index (χ1) is 9.10. The zero-order chi connectivity index (χ0) is 13.8. The minimum Gasteiger partial charge on any atom is -0.463 e. The van der Waals surface area contributed by atoms with Crippen molar-refractivity contribution in [3.05, 3.63) is 58.0 Å². The lowest BCUT2D eigenvalue weighted by molar-refractivity contribution is 0.0563. The van der Waals surface area contributed by atoms with E-state index >= 15 is 0 Å². The van der Waals surface area contributed by atoms with Gasteiger partial charge in [-0.05, 0) is 29.8 Å². The van der Waals surface area contributed by atoms with Crippen molar-refractivity contribution in [2.45, 2.75) is 6.42 Å². The summed E-state index contributed by atoms with van der Waals surface area (Å²) >= 11 is 3.33. The molecule has 0 N–H and O–H groups in total. The summed E-state index contributed by atoms with van der Waals surface area (Å²) in [5, 5.41) is 0. The predicted octanol–water partition coefficient (Wildman–Crippen LogP) is 3.25. The lowest BCUT2D eigenvalue weighted by Gasteiger charge is -1.99. The molecule has 4 nitrogen and oxygen atoms in total. The highest BCUT2D eigenvalue weighted by molar-refractivity contribution is 9.10. The van der Waals surface area contributed by atoms with Gasteiger partial charge in [0.2, 0.25) is 11.5 Å². The molecule has 1 aromatic heterocycles. The van der Waals surface area contributed by atoms with Crippen LogP contribution in [0.3, 0.4) is 0 Å². The lowest BCUT2D eigenvalue weighted by atomic mass is 10.1. The monoisotopic (exact) mass is 322 g/mol. The largest absolute Gasteiger partial charge is 0.463 e. The van der Waals surface area contributed by atoms with E-state index in [-0.39, 0.29) is 23.7 Å². The van der Waals surface area contributed by atoms with Gasteiger partial charge in [0.15, 0.2) is 5.76 Å². The fraction of sp³-hybridized carbons (Fsp3) is 0.143. The third kappa shape index (κ3) is 3.32. The Bertz CT molecular complexity index is 598. The Balaban J connectivity index is 2.09. The third-order valence-electron chi connectivity index (χ3n) is 2.55. The minimum absolute atomic E-state index is 0.0293. The van der Waals surface area contributed by atoms with E-state index in [1.165, 1.54) is 19.2 Å². The maximum absolute atomic E-state index is 12.0. The highest BCUT2D eigenvalue weighted by atomic mass is 79.9. The van der Waals surface area contributed by atoms with Crippen LogP contribution in [0.5, 0.6) is 0 Å². The minimum atomic E-state index is -0.595. The van der Waals surface area contributed by atoms with Gasteiger partial charge in [-0.3, -0.25) is 4.79 Å². The molecule has 0 fully saturated rings. The van der Waals surface area contributed by atoms with E-state index in [2.05, 4.69) is 20.7 Å². The van der Waals surface area contributed by atoms with E-state index in [1.807, 2.05) is 24.3 Å². The summed E-state index contributed by atoms with van der Waals surface area (Å²) in [5.74, 6) is -0.592. The number of ketones is 1. The maximum Gasteiger partial charge on any atom is 0.373 e. The number of Topliss-reactive ketones (excluding diaryl/α,β-unsaturated/α-hetero) is 1. The second-order valence-corrected chi connectivity index (χ2v) is 4.80. The van der Waals surface area contributed by atoms with Crippen LogP contribution in [0.4, 0.5) is 0 Å². The van der Waals surface area contributed by atoms with Crippen molar-refractivity contribution < 1.29 is 18.7 Å². The van der Waals surface area contributed by atoms with Crippen LogP contribution in [0.15, 0.2) is 45.3 Å². The molecule has 0 aliphatic heterocycles. The number of carbonyl (C=O) groups is 2. The van der Waals surface area contributed by atoms with Gasteiger partial charge in [-0.2, -0.15) is 0 Å². The van der Waals surface area contributed by atoms with Crippen LogP contribution in [-0.4, -0.2) is 18.9 Å². The van der Waals surface area contributed by atoms with E-state index in [0.717, 1.165) is 10.0 Å².